The van der Waals surface area contributed by atoms with E-state index in [1.54, 1.807) is 4.52 Å². The summed E-state index contributed by atoms with van der Waals surface area (Å²) in [6.45, 7) is 7.38. The molecule has 3 aromatic rings. The van der Waals surface area contributed by atoms with E-state index >= 15 is 0 Å². The third kappa shape index (κ3) is 1.28. The molecule has 7 heteroatoms. The minimum Gasteiger partial charge on any atom is -0.329 e. The molecule has 0 unspecified atom stereocenters. The monoisotopic (exact) mass is 245 g/mol. The Kier molecular flexibility index (Phi) is 2.30. The fraction of sp³-hybridized carbons (Fsp3) is 0.455. The van der Waals surface area contributed by atoms with Crippen molar-refractivity contribution < 1.29 is 0 Å². The van der Waals surface area contributed by atoms with Gasteiger partial charge in [-0.3, -0.25) is 0 Å². The van der Waals surface area contributed by atoms with Gasteiger partial charge in [-0.15, -0.1) is 5.10 Å². The number of nitrogens with zero attached hydrogens (tertiary/aromatic N) is 6. The SMILES string of the molecule is Cc1c(C)n2nnnc2c2nc(C)n(CCN)c12. The molecule has 0 spiro atoms. The maximum absolute atomic E-state index is 5.67. The lowest BCUT2D eigenvalue weighted by Gasteiger charge is -2.09. The van der Waals surface area contributed by atoms with Gasteiger partial charge in [0, 0.05) is 18.8 Å². The van der Waals surface area contributed by atoms with Crippen LogP contribution in [0.25, 0.3) is 16.7 Å². The van der Waals surface area contributed by atoms with Gasteiger partial charge < -0.3 is 10.3 Å². The Hall–Kier alpha value is -2.02. The second-order valence-corrected chi connectivity index (χ2v) is 4.42. The van der Waals surface area contributed by atoms with Crippen molar-refractivity contribution in [3.63, 3.8) is 0 Å². The van der Waals surface area contributed by atoms with Crippen LogP contribution in [0.3, 0.4) is 0 Å². The summed E-state index contributed by atoms with van der Waals surface area (Å²) in [4.78, 5) is 4.58. The van der Waals surface area contributed by atoms with Crippen molar-refractivity contribution in [1.29, 1.82) is 0 Å². The maximum Gasteiger partial charge on any atom is 0.207 e. The third-order valence-corrected chi connectivity index (χ3v) is 3.41. The second-order valence-electron chi connectivity index (χ2n) is 4.42. The minimum atomic E-state index is 0.584. The van der Waals surface area contributed by atoms with E-state index in [0.29, 0.717) is 12.2 Å². The van der Waals surface area contributed by atoms with Crippen LogP contribution >= 0.6 is 0 Å². The number of imidazole rings is 1. The molecule has 0 aromatic carbocycles. The van der Waals surface area contributed by atoms with Crippen LogP contribution in [0.2, 0.25) is 0 Å². The van der Waals surface area contributed by atoms with E-state index in [9.17, 15) is 0 Å². The molecule has 0 aliphatic heterocycles. The van der Waals surface area contributed by atoms with E-state index in [-0.39, 0.29) is 0 Å². The molecule has 2 N–H and O–H groups in total. The Morgan fingerprint density at radius 3 is 2.72 bits per heavy atom. The maximum atomic E-state index is 5.67. The highest BCUT2D eigenvalue weighted by molar-refractivity contribution is 5.91. The molecule has 0 aliphatic rings. The van der Waals surface area contributed by atoms with E-state index in [1.165, 1.54) is 0 Å². The second kappa shape index (κ2) is 3.74. The van der Waals surface area contributed by atoms with Gasteiger partial charge in [0.1, 0.15) is 11.3 Å². The lowest BCUT2D eigenvalue weighted by atomic mass is 10.2. The Labute approximate surface area is 104 Å². The molecule has 0 atom stereocenters. The van der Waals surface area contributed by atoms with Crippen LogP contribution in [0.1, 0.15) is 17.1 Å². The van der Waals surface area contributed by atoms with Crippen LogP contribution < -0.4 is 5.73 Å². The first-order chi connectivity index (χ1) is 8.65. The normalized spacial score (nSPS) is 11.8. The molecule has 7 nitrogen and oxygen atoms in total. The standard InChI is InChI=1S/C11H15N7/c1-6-7(2)18-11(14-15-16-18)9-10(6)17(5-4-12)8(3)13-9/h4-5,12H2,1-3H3. The van der Waals surface area contributed by atoms with Crippen LogP contribution in [0.15, 0.2) is 0 Å². The zero-order valence-electron chi connectivity index (χ0n) is 10.7. The number of hydrogen-bond donors (Lipinski definition) is 1. The van der Waals surface area contributed by atoms with Gasteiger partial charge in [-0.25, -0.2) is 4.98 Å². The van der Waals surface area contributed by atoms with Crippen LogP contribution in [0.5, 0.6) is 0 Å². The topological polar surface area (TPSA) is 86.9 Å². The van der Waals surface area contributed by atoms with E-state index in [1.807, 2.05) is 13.8 Å². The molecule has 0 aliphatic carbocycles. The van der Waals surface area contributed by atoms with Crippen LogP contribution in [0.4, 0.5) is 0 Å². The fourth-order valence-electron chi connectivity index (χ4n) is 2.39. The van der Waals surface area contributed by atoms with Crippen LogP contribution in [-0.2, 0) is 6.54 Å². The van der Waals surface area contributed by atoms with Gasteiger partial charge in [0.05, 0.1) is 5.52 Å². The van der Waals surface area contributed by atoms with Crippen molar-refractivity contribution in [3.8, 4) is 0 Å². The lowest BCUT2D eigenvalue weighted by molar-refractivity contribution is 0.701. The molecule has 3 aromatic heterocycles. The van der Waals surface area contributed by atoms with Crippen molar-refractivity contribution in [2.75, 3.05) is 6.54 Å². The smallest absolute Gasteiger partial charge is 0.207 e. The average molecular weight is 245 g/mol. The number of fused-ring (bicyclic) bond motifs is 3. The van der Waals surface area contributed by atoms with Crippen molar-refractivity contribution in [3.05, 3.63) is 17.1 Å². The van der Waals surface area contributed by atoms with Crippen molar-refractivity contribution in [2.24, 2.45) is 5.73 Å². The van der Waals surface area contributed by atoms with Gasteiger partial charge in [-0.1, -0.05) is 0 Å². The summed E-state index contributed by atoms with van der Waals surface area (Å²) in [5.41, 5.74) is 10.5. The number of pyridine rings is 1. The highest BCUT2D eigenvalue weighted by Crippen LogP contribution is 2.25. The van der Waals surface area contributed by atoms with Gasteiger partial charge >= 0.3 is 0 Å². The van der Waals surface area contributed by atoms with E-state index in [0.717, 1.165) is 34.7 Å². The molecule has 3 rings (SSSR count). The summed E-state index contributed by atoms with van der Waals surface area (Å²) in [5.74, 6) is 0.939. The predicted octanol–water partition coefficient (Wildman–Crippen LogP) is 0.358. The van der Waals surface area contributed by atoms with Gasteiger partial charge in [-0.05, 0) is 36.8 Å². The van der Waals surface area contributed by atoms with Gasteiger partial charge in [-0.2, -0.15) is 4.52 Å². The minimum absolute atomic E-state index is 0.584. The van der Waals surface area contributed by atoms with Crippen LogP contribution in [0, 0.1) is 20.8 Å². The molecule has 94 valence electrons. The number of tetrazole rings is 1. The Bertz CT molecular complexity index is 737. The molecule has 0 saturated heterocycles. The highest BCUT2D eigenvalue weighted by Gasteiger charge is 2.17. The zero-order valence-corrected chi connectivity index (χ0v) is 10.7. The molecule has 18 heavy (non-hydrogen) atoms. The van der Waals surface area contributed by atoms with E-state index in [2.05, 4.69) is 32.0 Å². The molecule has 0 amide bonds. The molecule has 0 bridgehead atoms. The molecule has 3 heterocycles. The first-order valence-electron chi connectivity index (χ1n) is 5.89. The molecule has 0 saturated carbocycles. The number of rotatable bonds is 2. The van der Waals surface area contributed by atoms with Crippen molar-refractivity contribution >= 4 is 16.7 Å². The predicted molar refractivity (Wildman–Crippen MR) is 67.3 cm³/mol. The summed E-state index contributed by atoms with van der Waals surface area (Å²) >= 11 is 0. The quantitative estimate of drug-likeness (QED) is 0.704. The van der Waals surface area contributed by atoms with E-state index < -0.39 is 0 Å². The zero-order chi connectivity index (χ0) is 12.9. The van der Waals surface area contributed by atoms with E-state index in [4.69, 9.17) is 5.73 Å². The first kappa shape index (κ1) is 11.1. The van der Waals surface area contributed by atoms with Gasteiger partial charge in [0.15, 0.2) is 0 Å². The third-order valence-electron chi connectivity index (χ3n) is 3.41. The number of hydrogen-bond acceptors (Lipinski definition) is 5. The lowest BCUT2D eigenvalue weighted by Crippen LogP contribution is -2.12. The Morgan fingerprint density at radius 2 is 2.00 bits per heavy atom. The summed E-state index contributed by atoms with van der Waals surface area (Å²) in [6, 6.07) is 0. The number of nitrogens with two attached hydrogens (primary N) is 1. The highest BCUT2D eigenvalue weighted by atomic mass is 15.5. The van der Waals surface area contributed by atoms with Crippen molar-refractivity contribution in [1.82, 2.24) is 29.6 Å². The summed E-state index contributed by atoms with van der Waals surface area (Å²) < 4.78 is 3.86. The first-order valence-corrected chi connectivity index (χ1v) is 5.89. The van der Waals surface area contributed by atoms with Crippen LogP contribution in [-0.4, -0.2) is 36.1 Å². The molecular formula is C11H15N7. The molecular weight excluding hydrogens is 230 g/mol. The van der Waals surface area contributed by atoms with Gasteiger partial charge in [0.2, 0.25) is 5.65 Å². The average Bonchev–Trinajstić information content (AvgIpc) is 2.93. The summed E-state index contributed by atoms with van der Waals surface area (Å²) in [6.07, 6.45) is 0. The van der Waals surface area contributed by atoms with Gasteiger partial charge in [0.25, 0.3) is 0 Å². The molecule has 0 radical (unpaired) electrons. The number of aryl methyl sites for hydroxylation is 3. The summed E-state index contributed by atoms with van der Waals surface area (Å²) in [7, 11) is 0. The molecule has 0 fully saturated rings. The fourth-order valence-corrected chi connectivity index (χ4v) is 2.39. The Balaban J connectivity index is 2.53. The largest absolute Gasteiger partial charge is 0.329 e. The number of aromatic nitrogens is 6. The Morgan fingerprint density at radius 1 is 1.22 bits per heavy atom. The summed E-state index contributed by atoms with van der Waals surface area (Å²) in [5, 5.41) is 11.8. The van der Waals surface area contributed by atoms with Crippen molar-refractivity contribution in [2.45, 2.75) is 27.3 Å².